The first-order chi connectivity index (χ1) is 7.90. The Hall–Kier alpha value is -0.420. The Labute approximate surface area is 102 Å². The Bertz CT molecular complexity index is 309. The van der Waals surface area contributed by atoms with Gasteiger partial charge in [0.15, 0.2) is 5.79 Å². The van der Waals surface area contributed by atoms with Crippen LogP contribution >= 0.6 is 0 Å². The van der Waals surface area contributed by atoms with Gasteiger partial charge >= 0.3 is 0 Å². The molecule has 1 aliphatic heterocycles. The van der Waals surface area contributed by atoms with Crippen molar-refractivity contribution >= 4 is 0 Å². The van der Waals surface area contributed by atoms with E-state index in [-0.39, 0.29) is 36.8 Å². The lowest BCUT2D eigenvalue weighted by Gasteiger charge is -2.34. The van der Waals surface area contributed by atoms with E-state index in [4.69, 9.17) is 9.47 Å². The Morgan fingerprint density at radius 3 is 2.53 bits per heavy atom. The summed E-state index contributed by atoms with van der Waals surface area (Å²) in [5.41, 5.74) is -0.380. The zero-order valence-corrected chi connectivity index (χ0v) is 10.7. The number of fused-ring (bicyclic) bond motifs is 1. The minimum absolute atomic E-state index is 0.000803. The summed E-state index contributed by atoms with van der Waals surface area (Å²) in [6.45, 7) is 5.84. The number of allylic oxidation sites excluding steroid dienone is 1. The van der Waals surface area contributed by atoms with E-state index in [1.54, 1.807) is 0 Å². The fraction of sp³-hybridized carbons (Fsp3) is 0.846. The van der Waals surface area contributed by atoms with E-state index >= 15 is 0 Å². The lowest BCUT2D eigenvalue weighted by molar-refractivity contribution is -0.153. The third kappa shape index (κ3) is 2.40. The van der Waals surface area contributed by atoms with Gasteiger partial charge < -0.3 is 19.7 Å². The predicted molar refractivity (Wildman–Crippen MR) is 63.4 cm³/mol. The maximum atomic E-state index is 9.22. The van der Waals surface area contributed by atoms with E-state index in [0.29, 0.717) is 0 Å². The van der Waals surface area contributed by atoms with Gasteiger partial charge in [0, 0.05) is 19.1 Å². The smallest absolute Gasteiger partial charge is 0.164 e. The molecule has 2 aliphatic rings. The first-order valence-electron chi connectivity index (χ1n) is 6.19. The highest BCUT2D eigenvalue weighted by molar-refractivity contribution is 5.15. The molecule has 1 heterocycles. The van der Waals surface area contributed by atoms with Crippen molar-refractivity contribution in [3.8, 4) is 0 Å². The zero-order chi connectivity index (χ0) is 12.7. The summed E-state index contributed by atoms with van der Waals surface area (Å²) >= 11 is 0. The van der Waals surface area contributed by atoms with E-state index in [1.165, 1.54) is 0 Å². The molecule has 0 amide bonds. The topological polar surface area (TPSA) is 58.9 Å². The molecule has 1 fully saturated rings. The van der Waals surface area contributed by atoms with Crippen LogP contribution in [0.3, 0.4) is 0 Å². The highest BCUT2D eigenvalue weighted by atomic mass is 16.8. The maximum absolute atomic E-state index is 9.22. The minimum Gasteiger partial charge on any atom is -0.396 e. The predicted octanol–water partition coefficient (Wildman–Crippen LogP) is 1.07. The molecular formula is C13H22O4. The fourth-order valence-corrected chi connectivity index (χ4v) is 2.82. The minimum atomic E-state index is -0.563. The van der Waals surface area contributed by atoms with Gasteiger partial charge in [0.25, 0.3) is 0 Å². The summed E-state index contributed by atoms with van der Waals surface area (Å²) in [7, 11) is 0. The van der Waals surface area contributed by atoms with Gasteiger partial charge in [-0.1, -0.05) is 12.2 Å². The molecule has 0 saturated carbocycles. The lowest BCUT2D eigenvalue weighted by Crippen LogP contribution is -2.41. The average Bonchev–Trinajstić information content (AvgIpc) is 2.48. The number of ether oxygens (including phenoxy) is 2. The van der Waals surface area contributed by atoms with Crippen LogP contribution in [-0.2, 0) is 9.47 Å². The average molecular weight is 242 g/mol. The van der Waals surface area contributed by atoms with Gasteiger partial charge in [0.2, 0.25) is 0 Å². The van der Waals surface area contributed by atoms with Gasteiger partial charge in [-0.15, -0.1) is 0 Å². The molecule has 1 aliphatic carbocycles. The van der Waals surface area contributed by atoms with Crippen molar-refractivity contribution in [3.05, 3.63) is 12.2 Å². The summed E-state index contributed by atoms with van der Waals surface area (Å²) in [5, 5.41) is 18.4. The second-order valence-electron chi connectivity index (χ2n) is 5.68. The van der Waals surface area contributed by atoms with Crippen LogP contribution in [0, 0.1) is 11.8 Å². The normalized spacial score (nSPS) is 39.6. The van der Waals surface area contributed by atoms with Gasteiger partial charge in [-0.3, -0.25) is 0 Å². The van der Waals surface area contributed by atoms with Gasteiger partial charge in [-0.05, 0) is 33.1 Å². The summed E-state index contributed by atoms with van der Waals surface area (Å²) < 4.78 is 11.8. The van der Waals surface area contributed by atoms with Crippen molar-refractivity contribution in [2.24, 2.45) is 11.8 Å². The van der Waals surface area contributed by atoms with Crippen LogP contribution < -0.4 is 0 Å². The molecule has 0 spiro atoms. The van der Waals surface area contributed by atoms with E-state index in [9.17, 15) is 10.2 Å². The van der Waals surface area contributed by atoms with Crippen LogP contribution in [0.5, 0.6) is 0 Å². The lowest BCUT2D eigenvalue weighted by atomic mass is 9.78. The van der Waals surface area contributed by atoms with Crippen molar-refractivity contribution in [2.45, 2.75) is 44.7 Å². The summed E-state index contributed by atoms with van der Waals surface area (Å²) in [6.07, 6.45) is 4.83. The molecule has 0 aromatic carbocycles. The Morgan fingerprint density at radius 2 is 1.94 bits per heavy atom. The van der Waals surface area contributed by atoms with Gasteiger partial charge in [-0.2, -0.15) is 0 Å². The molecule has 17 heavy (non-hydrogen) atoms. The summed E-state index contributed by atoms with van der Waals surface area (Å²) in [5.74, 6) is -0.518. The molecule has 0 aromatic heterocycles. The molecule has 0 aromatic rings. The Morgan fingerprint density at radius 1 is 1.29 bits per heavy atom. The zero-order valence-electron chi connectivity index (χ0n) is 10.7. The second kappa shape index (κ2) is 4.35. The van der Waals surface area contributed by atoms with Crippen molar-refractivity contribution in [1.29, 1.82) is 0 Å². The van der Waals surface area contributed by atoms with Crippen LogP contribution in [0.15, 0.2) is 12.2 Å². The first-order valence-corrected chi connectivity index (χ1v) is 6.19. The molecule has 1 saturated heterocycles. The molecule has 98 valence electrons. The quantitative estimate of drug-likeness (QED) is 0.727. The Kier molecular flexibility index (Phi) is 3.34. The highest BCUT2D eigenvalue weighted by Gasteiger charge is 2.51. The molecule has 3 atom stereocenters. The van der Waals surface area contributed by atoms with Crippen LogP contribution in [0.2, 0.25) is 0 Å². The molecule has 0 radical (unpaired) electrons. The van der Waals surface area contributed by atoms with Gasteiger partial charge in [-0.25, -0.2) is 0 Å². The molecule has 2 N–H and O–H groups in total. The second-order valence-corrected chi connectivity index (χ2v) is 5.68. The van der Waals surface area contributed by atoms with Crippen LogP contribution in [0.25, 0.3) is 0 Å². The van der Waals surface area contributed by atoms with Crippen LogP contribution in [0.1, 0.15) is 27.2 Å². The molecule has 0 bridgehead atoms. The molecule has 4 nitrogen and oxygen atoms in total. The van der Waals surface area contributed by atoms with E-state index in [0.717, 1.165) is 6.42 Å². The third-order valence-corrected chi connectivity index (χ3v) is 3.77. The van der Waals surface area contributed by atoms with Gasteiger partial charge in [0.05, 0.1) is 6.10 Å². The van der Waals surface area contributed by atoms with Crippen LogP contribution in [0.4, 0.5) is 0 Å². The number of hydrogen-bond acceptors (Lipinski definition) is 4. The van der Waals surface area contributed by atoms with E-state index in [1.807, 2.05) is 32.9 Å². The van der Waals surface area contributed by atoms with Crippen molar-refractivity contribution < 1.29 is 19.7 Å². The maximum Gasteiger partial charge on any atom is 0.164 e. The number of aliphatic hydroxyl groups is 2. The number of hydrogen-bond donors (Lipinski definition) is 2. The highest BCUT2D eigenvalue weighted by Crippen LogP contribution is 2.44. The monoisotopic (exact) mass is 242 g/mol. The number of aliphatic hydroxyl groups excluding tert-OH is 2. The van der Waals surface area contributed by atoms with E-state index in [2.05, 4.69) is 0 Å². The summed E-state index contributed by atoms with van der Waals surface area (Å²) in [6, 6.07) is 0. The number of rotatable bonds is 3. The van der Waals surface area contributed by atoms with Crippen molar-refractivity contribution in [3.63, 3.8) is 0 Å². The van der Waals surface area contributed by atoms with Crippen molar-refractivity contribution in [2.75, 3.05) is 13.2 Å². The SMILES string of the molecule is CC1(C)O[C@@H]2C[C@H](C(CO)CO)C=C[C@]2(C)O1. The van der Waals surface area contributed by atoms with E-state index < -0.39 is 5.79 Å². The van der Waals surface area contributed by atoms with Crippen LogP contribution in [-0.4, -0.2) is 40.9 Å². The molecule has 0 unspecified atom stereocenters. The molecule has 4 heteroatoms. The third-order valence-electron chi connectivity index (χ3n) is 3.77. The molecule has 2 rings (SSSR count). The van der Waals surface area contributed by atoms with Gasteiger partial charge in [0.1, 0.15) is 5.60 Å². The fourth-order valence-electron chi connectivity index (χ4n) is 2.82. The molecular weight excluding hydrogens is 220 g/mol. The first kappa shape index (κ1) is 13.0. The largest absolute Gasteiger partial charge is 0.396 e. The summed E-state index contributed by atoms with van der Waals surface area (Å²) in [4.78, 5) is 0. The Balaban J connectivity index is 2.13. The van der Waals surface area contributed by atoms with Crippen molar-refractivity contribution in [1.82, 2.24) is 0 Å². The standard InChI is InChI=1S/C13H22O4/c1-12(2)16-11-6-9(10(7-14)8-15)4-5-13(11,3)17-12/h4-5,9-11,14-15H,6-8H2,1-3H3/t9-,11-,13+/m1/s1.